The van der Waals surface area contributed by atoms with Gasteiger partial charge in [0.2, 0.25) is 53.2 Å². The maximum atomic E-state index is 14.0. The Hall–Kier alpha value is -5.09. The number of nitrogens with zero attached hydrogens (tertiary/aromatic N) is 8. The molecular formula is C43H79N9O17. The summed E-state index contributed by atoms with van der Waals surface area (Å²) < 4.78 is 0. The number of rotatable bonds is 33. The van der Waals surface area contributed by atoms with Crippen LogP contribution in [0.1, 0.15) is 68.7 Å². The van der Waals surface area contributed by atoms with Crippen molar-refractivity contribution in [3.63, 3.8) is 0 Å². The molecule has 9 amide bonds. The van der Waals surface area contributed by atoms with E-state index in [0.717, 1.165) is 39.2 Å². The molecule has 0 aliphatic rings. The van der Waals surface area contributed by atoms with Gasteiger partial charge in [-0.15, -0.1) is 0 Å². The molecule has 0 aliphatic heterocycles. The monoisotopic (exact) mass is 994 g/mol. The first-order valence-corrected chi connectivity index (χ1v) is 22.8. The van der Waals surface area contributed by atoms with Gasteiger partial charge in [-0.3, -0.25) is 43.2 Å². The molecule has 0 aliphatic carbocycles. The molecule has 26 nitrogen and oxygen atoms in total. The lowest BCUT2D eigenvalue weighted by atomic mass is 10.2. The van der Waals surface area contributed by atoms with Crippen LogP contribution < -0.4 is 5.73 Å². The summed E-state index contributed by atoms with van der Waals surface area (Å²) in [4.78, 5) is 127. The average Bonchev–Trinajstić information content (AvgIpc) is 3.19. The normalized spacial score (nSPS) is 14.7. The van der Waals surface area contributed by atoms with Gasteiger partial charge in [-0.05, 0) is 55.4 Å². The highest BCUT2D eigenvalue weighted by Gasteiger charge is 2.33. The van der Waals surface area contributed by atoms with E-state index >= 15 is 0 Å². The van der Waals surface area contributed by atoms with Crippen LogP contribution in [0.2, 0.25) is 0 Å². The van der Waals surface area contributed by atoms with Crippen molar-refractivity contribution in [3.8, 4) is 0 Å². The number of amides is 9. The zero-order chi connectivity index (χ0) is 53.5. The van der Waals surface area contributed by atoms with E-state index in [1.165, 1.54) is 55.4 Å². The van der Waals surface area contributed by atoms with Gasteiger partial charge in [-0.2, -0.15) is 0 Å². The lowest BCUT2D eigenvalue weighted by Gasteiger charge is -2.34. The van der Waals surface area contributed by atoms with E-state index in [2.05, 4.69) is 0 Å². The lowest BCUT2D eigenvalue weighted by molar-refractivity contribution is -0.150. The van der Waals surface area contributed by atoms with Gasteiger partial charge in [0.25, 0.3) is 0 Å². The zero-order valence-electron chi connectivity index (χ0n) is 41.5. The first-order valence-electron chi connectivity index (χ1n) is 22.8. The first-order chi connectivity index (χ1) is 31.9. The Labute approximate surface area is 403 Å². The SMILES string of the molecule is CCC(=O)N(CC(=O)N(CC(=O)N(CC(=O)N(CC(=O)N(CC(=O)N(CC(=O)N(CC(=O)N(CC(N)=O)CC(C)O)CC(C)O)CC(C)O)CC(C)O)CC(C)O)CC(C)O)CC(C)O)CC(C)O. The molecule has 398 valence electrons. The van der Waals surface area contributed by atoms with Gasteiger partial charge in [-0.25, -0.2) is 0 Å². The van der Waals surface area contributed by atoms with E-state index in [4.69, 9.17) is 5.73 Å². The molecule has 0 aromatic rings. The summed E-state index contributed by atoms with van der Waals surface area (Å²) in [5.74, 6) is -7.61. The Bertz CT molecular complexity index is 1680. The minimum absolute atomic E-state index is 0.00421. The van der Waals surface area contributed by atoms with E-state index in [1.54, 1.807) is 6.92 Å². The average molecular weight is 994 g/mol. The Morgan fingerprint density at radius 1 is 0.290 bits per heavy atom. The number of hydrogen-bond acceptors (Lipinski definition) is 17. The van der Waals surface area contributed by atoms with Gasteiger partial charge in [0.1, 0.15) is 0 Å². The molecule has 26 heteroatoms. The van der Waals surface area contributed by atoms with Crippen LogP contribution in [0.5, 0.6) is 0 Å². The van der Waals surface area contributed by atoms with Gasteiger partial charge in [0.15, 0.2) is 0 Å². The summed E-state index contributed by atoms with van der Waals surface area (Å²) in [6.07, 6.45) is -9.42. The fraction of sp³-hybridized carbons (Fsp3) is 0.791. The van der Waals surface area contributed by atoms with E-state index in [9.17, 15) is 84.0 Å². The molecule has 69 heavy (non-hydrogen) atoms. The highest BCUT2D eigenvalue weighted by atomic mass is 16.3. The van der Waals surface area contributed by atoms with Crippen LogP contribution in [0, 0.1) is 0 Å². The maximum absolute atomic E-state index is 14.0. The maximum Gasteiger partial charge on any atom is 0.242 e. The van der Waals surface area contributed by atoms with Gasteiger partial charge in [-0.1, -0.05) is 6.92 Å². The number of nitrogens with two attached hydrogens (primary N) is 1. The van der Waals surface area contributed by atoms with Crippen molar-refractivity contribution >= 4 is 53.2 Å². The van der Waals surface area contributed by atoms with Crippen LogP contribution in [-0.4, -0.2) is 287 Å². The number of primary amides is 1. The summed E-state index contributed by atoms with van der Waals surface area (Å²) in [6, 6.07) is 0. The Morgan fingerprint density at radius 3 is 0.536 bits per heavy atom. The summed E-state index contributed by atoms with van der Waals surface area (Å²) in [5, 5.41) is 81.5. The molecule has 0 aromatic carbocycles. The molecule has 0 fully saturated rings. The van der Waals surface area contributed by atoms with Crippen molar-refractivity contribution in [2.45, 2.75) is 118 Å². The van der Waals surface area contributed by atoms with Crippen molar-refractivity contribution in [1.82, 2.24) is 39.2 Å². The Balaban J connectivity index is 6.65. The second-order valence-corrected chi connectivity index (χ2v) is 17.8. The fourth-order valence-electron chi connectivity index (χ4n) is 6.84. The largest absolute Gasteiger partial charge is 0.392 e. The van der Waals surface area contributed by atoms with Crippen molar-refractivity contribution in [2.24, 2.45) is 5.73 Å². The molecule has 0 radical (unpaired) electrons. The van der Waals surface area contributed by atoms with Crippen LogP contribution >= 0.6 is 0 Å². The third-order valence-electron chi connectivity index (χ3n) is 9.63. The van der Waals surface area contributed by atoms with Gasteiger partial charge in [0, 0.05) is 58.8 Å². The van der Waals surface area contributed by atoms with E-state index in [-0.39, 0.29) is 26.1 Å². The summed E-state index contributed by atoms with van der Waals surface area (Å²) in [7, 11) is 0. The van der Waals surface area contributed by atoms with Gasteiger partial charge < -0.3 is 85.8 Å². The van der Waals surface area contributed by atoms with Crippen LogP contribution in [0.3, 0.4) is 0 Å². The molecule has 0 rings (SSSR count). The third-order valence-corrected chi connectivity index (χ3v) is 9.63. The summed E-state index contributed by atoms with van der Waals surface area (Å²) >= 11 is 0. The number of carbonyl (C=O) groups excluding carboxylic acids is 9. The first kappa shape index (κ1) is 63.9. The molecule has 8 unspecified atom stereocenters. The van der Waals surface area contributed by atoms with Crippen molar-refractivity contribution in [2.75, 3.05) is 105 Å². The molecule has 8 atom stereocenters. The highest BCUT2D eigenvalue weighted by molar-refractivity contribution is 5.93. The molecule has 0 saturated heterocycles. The van der Waals surface area contributed by atoms with E-state index < -0.39 is 187 Å². The topological polar surface area (TPSA) is 367 Å². The number of carbonyl (C=O) groups is 9. The van der Waals surface area contributed by atoms with Gasteiger partial charge in [0.05, 0.1) is 101 Å². The smallest absolute Gasteiger partial charge is 0.242 e. The molecule has 0 heterocycles. The van der Waals surface area contributed by atoms with E-state index in [0.29, 0.717) is 0 Å². The molecule has 0 bridgehead atoms. The van der Waals surface area contributed by atoms with Crippen molar-refractivity contribution < 1.29 is 84.0 Å². The molecule has 0 aromatic heterocycles. The quantitative estimate of drug-likeness (QED) is 0.0295. The Morgan fingerprint density at radius 2 is 0.420 bits per heavy atom. The summed E-state index contributed by atoms with van der Waals surface area (Å²) in [6.45, 7) is 3.03. The summed E-state index contributed by atoms with van der Waals surface area (Å²) in [5.41, 5.74) is 5.26. The van der Waals surface area contributed by atoms with E-state index in [1.807, 2.05) is 0 Å². The predicted molar refractivity (Wildman–Crippen MR) is 246 cm³/mol. The molecule has 0 spiro atoms. The molecular weight excluding hydrogens is 915 g/mol. The predicted octanol–water partition coefficient (Wildman–Crippen LogP) is -6.44. The highest BCUT2D eigenvalue weighted by Crippen LogP contribution is 2.09. The second-order valence-electron chi connectivity index (χ2n) is 17.8. The fourth-order valence-corrected chi connectivity index (χ4v) is 6.84. The van der Waals surface area contributed by atoms with Crippen molar-refractivity contribution in [1.29, 1.82) is 0 Å². The van der Waals surface area contributed by atoms with Crippen molar-refractivity contribution in [3.05, 3.63) is 0 Å². The van der Waals surface area contributed by atoms with Crippen LogP contribution in [0.25, 0.3) is 0 Å². The number of hydrogen-bond donors (Lipinski definition) is 9. The van der Waals surface area contributed by atoms with Gasteiger partial charge >= 0.3 is 0 Å². The minimum Gasteiger partial charge on any atom is -0.392 e. The van der Waals surface area contributed by atoms with Crippen LogP contribution in [0.4, 0.5) is 0 Å². The zero-order valence-corrected chi connectivity index (χ0v) is 41.5. The molecule has 0 saturated carbocycles. The number of aliphatic hydroxyl groups is 8. The molecule has 10 N–H and O–H groups in total. The number of aliphatic hydroxyl groups excluding tert-OH is 8. The Kier molecular flexibility index (Phi) is 29.6. The standard InChI is InChI=1S/C43H79N9O17/c1-10-36(62)46(12-28(3)54)20-38(64)48(14-30(5)56)22-40(66)50(16-32(7)58)24-42(68)52(18-34(9)60)26-43(69)51(17-33(8)59)25-41(67)49(15-31(6)57)23-39(65)47(13-29(4)55)21-37(63)45(11-27(2)53)19-35(44)61/h27-34,53-60H,10-26H2,1-9H3,(H2,44,61). The third kappa shape index (κ3) is 27.0. The lowest BCUT2D eigenvalue weighted by Crippen LogP contribution is -2.55. The van der Waals surface area contributed by atoms with Crippen LogP contribution in [-0.2, 0) is 43.2 Å². The van der Waals surface area contributed by atoms with Crippen LogP contribution in [0.15, 0.2) is 0 Å². The minimum atomic E-state index is -1.27. The second kappa shape index (κ2) is 31.9.